The quantitative estimate of drug-likeness (QED) is 0.784. The molecule has 4 heteroatoms. The second-order valence-corrected chi connectivity index (χ2v) is 5.77. The number of aryl methyl sites for hydroxylation is 1. The summed E-state index contributed by atoms with van der Waals surface area (Å²) in [5, 5.41) is 3.32. The predicted octanol–water partition coefficient (Wildman–Crippen LogP) is 2.03. The summed E-state index contributed by atoms with van der Waals surface area (Å²) < 4.78 is 5.01. The average molecular weight is 249 g/mol. The van der Waals surface area contributed by atoms with Crippen molar-refractivity contribution >= 4 is 0 Å². The zero-order valence-corrected chi connectivity index (χ0v) is 11.8. The van der Waals surface area contributed by atoms with Crippen molar-refractivity contribution in [1.82, 2.24) is 15.3 Å². The summed E-state index contributed by atoms with van der Waals surface area (Å²) in [6.45, 7) is 8.96. The van der Waals surface area contributed by atoms with Gasteiger partial charge in [-0.15, -0.1) is 0 Å². The van der Waals surface area contributed by atoms with E-state index in [1.807, 2.05) is 6.92 Å². The predicted molar refractivity (Wildman–Crippen MR) is 71.5 cm³/mol. The first kappa shape index (κ1) is 13.4. The van der Waals surface area contributed by atoms with Gasteiger partial charge in [-0.05, 0) is 24.8 Å². The number of hydrogen-bond acceptors (Lipinski definition) is 4. The average Bonchev–Trinajstić information content (AvgIpc) is 2.93. The van der Waals surface area contributed by atoms with Crippen LogP contribution in [-0.2, 0) is 11.3 Å². The zero-order chi connectivity index (χ0) is 13.2. The maximum Gasteiger partial charge on any atom is 0.132 e. The molecule has 0 spiro atoms. The molecule has 1 aromatic rings. The number of ether oxygens (including phenoxy) is 1. The van der Waals surface area contributed by atoms with Crippen LogP contribution in [0.1, 0.15) is 43.4 Å². The molecule has 1 saturated carbocycles. The molecule has 0 bridgehead atoms. The fraction of sp³-hybridized carbons (Fsp3) is 0.714. The maximum atomic E-state index is 5.01. The van der Waals surface area contributed by atoms with E-state index in [2.05, 4.69) is 35.2 Å². The summed E-state index contributed by atoms with van der Waals surface area (Å²) in [5.41, 5.74) is 2.52. The minimum Gasteiger partial charge on any atom is -0.383 e. The van der Waals surface area contributed by atoms with Crippen molar-refractivity contribution in [2.75, 3.05) is 20.3 Å². The van der Waals surface area contributed by atoms with Crippen LogP contribution in [0, 0.1) is 12.3 Å². The van der Waals surface area contributed by atoms with E-state index < -0.39 is 0 Å². The largest absolute Gasteiger partial charge is 0.383 e. The molecule has 100 valence electrons. The van der Waals surface area contributed by atoms with Crippen molar-refractivity contribution in [2.45, 2.75) is 39.7 Å². The van der Waals surface area contributed by atoms with Gasteiger partial charge in [-0.1, -0.05) is 13.8 Å². The lowest BCUT2D eigenvalue weighted by molar-refractivity contribution is 0.199. The summed E-state index contributed by atoms with van der Waals surface area (Å²) in [6.07, 6.45) is 1.20. The first-order chi connectivity index (χ1) is 8.53. The number of methoxy groups -OCH3 is 1. The molecule has 0 saturated heterocycles. The molecule has 1 aromatic heterocycles. The van der Waals surface area contributed by atoms with Crippen LogP contribution in [0.2, 0.25) is 0 Å². The highest BCUT2D eigenvalue weighted by Gasteiger charge is 2.48. The molecule has 1 N–H and O–H groups in total. The third-order valence-electron chi connectivity index (χ3n) is 3.54. The van der Waals surface area contributed by atoms with E-state index in [1.165, 1.54) is 6.42 Å². The molecule has 18 heavy (non-hydrogen) atoms. The van der Waals surface area contributed by atoms with Crippen molar-refractivity contribution in [3.8, 4) is 0 Å². The smallest absolute Gasteiger partial charge is 0.132 e. The Morgan fingerprint density at radius 3 is 2.78 bits per heavy atom. The van der Waals surface area contributed by atoms with Crippen LogP contribution >= 0.6 is 0 Å². The fourth-order valence-electron chi connectivity index (χ4n) is 2.20. The third-order valence-corrected chi connectivity index (χ3v) is 3.54. The van der Waals surface area contributed by atoms with E-state index in [-0.39, 0.29) is 0 Å². The number of nitrogens with zero attached hydrogens (tertiary/aromatic N) is 2. The van der Waals surface area contributed by atoms with E-state index in [0.717, 1.165) is 36.9 Å². The molecule has 1 heterocycles. The highest BCUT2D eigenvalue weighted by Crippen LogP contribution is 2.57. The van der Waals surface area contributed by atoms with Gasteiger partial charge in [-0.2, -0.15) is 0 Å². The summed E-state index contributed by atoms with van der Waals surface area (Å²) >= 11 is 0. The zero-order valence-electron chi connectivity index (χ0n) is 11.8. The molecular weight excluding hydrogens is 226 g/mol. The standard InChI is InChI=1S/C14H23N3O/c1-10-7-11(9-15-5-6-18-4)17-13(16-10)12-8-14(12,2)3/h7,12,15H,5-6,8-9H2,1-4H3. The minimum atomic E-state index is 0.383. The normalized spacial score (nSPS) is 21.0. The lowest BCUT2D eigenvalue weighted by atomic mass is 10.1. The maximum absolute atomic E-state index is 5.01. The SMILES string of the molecule is COCCNCc1cc(C)nc(C2CC2(C)C)n1. The van der Waals surface area contributed by atoms with Crippen molar-refractivity contribution in [1.29, 1.82) is 0 Å². The molecule has 4 nitrogen and oxygen atoms in total. The van der Waals surface area contributed by atoms with Crippen molar-refractivity contribution in [2.24, 2.45) is 5.41 Å². The number of rotatable bonds is 6. The molecule has 0 aromatic carbocycles. The molecule has 1 aliphatic carbocycles. The highest BCUT2D eigenvalue weighted by atomic mass is 16.5. The molecule has 1 fully saturated rings. The van der Waals surface area contributed by atoms with Gasteiger partial charge in [0, 0.05) is 31.8 Å². The van der Waals surface area contributed by atoms with Crippen LogP contribution < -0.4 is 5.32 Å². The van der Waals surface area contributed by atoms with Crippen molar-refractivity contribution in [3.05, 3.63) is 23.3 Å². The minimum absolute atomic E-state index is 0.383. The van der Waals surface area contributed by atoms with E-state index >= 15 is 0 Å². The Kier molecular flexibility index (Phi) is 3.97. The first-order valence-corrected chi connectivity index (χ1v) is 6.57. The molecular formula is C14H23N3O. The summed E-state index contributed by atoms with van der Waals surface area (Å²) in [6, 6.07) is 2.05. The fourth-order valence-corrected chi connectivity index (χ4v) is 2.20. The van der Waals surface area contributed by atoms with E-state index in [1.54, 1.807) is 7.11 Å². The van der Waals surface area contributed by atoms with E-state index in [0.29, 0.717) is 11.3 Å². The van der Waals surface area contributed by atoms with Gasteiger partial charge < -0.3 is 10.1 Å². The lowest BCUT2D eigenvalue weighted by Gasteiger charge is -2.08. The highest BCUT2D eigenvalue weighted by molar-refractivity contribution is 5.20. The van der Waals surface area contributed by atoms with Crippen LogP contribution in [0.25, 0.3) is 0 Å². The summed E-state index contributed by atoms with van der Waals surface area (Å²) in [4.78, 5) is 9.25. The van der Waals surface area contributed by atoms with Crippen LogP contribution in [-0.4, -0.2) is 30.2 Å². The Labute approximate surface area is 109 Å². The number of hydrogen-bond donors (Lipinski definition) is 1. The Morgan fingerprint density at radius 2 is 2.17 bits per heavy atom. The molecule has 0 amide bonds. The van der Waals surface area contributed by atoms with Gasteiger partial charge in [0.25, 0.3) is 0 Å². The van der Waals surface area contributed by atoms with Gasteiger partial charge in [0.15, 0.2) is 0 Å². The molecule has 1 atom stereocenters. The monoisotopic (exact) mass is 249 g/mol. The Hall–Kier alpha value is -1.00. The molecule has 2 rings (SSSR count). The second-order valence-electron chi connectivity index (χ2n) is 5.77. The number of aromatic nitrogens is 2. The Morgan fingerprint density at radius 1 is 1.44 bits per heavy atom. The van der Waals surface area contributed by atoms with Gasteiger partial charge in [0.2, 0.25) is 0 Å². The Balaban J connectivity index is 1.99. The topological polar surface area (TPSA) is 47.0 Å². The number of nitrogens with one attached hydrogen (secondary N) is 1. The molecule has 1 aliphatic rings. The lowest BCUT2D eigenvalue weighted by Crippen LogP contribution is -2.20. The van der Waals surface area contributed by atoms with Gasteiger partial charge in [0.05, 0.1) is 12.3 Å². The van der Waals surface area contributed by atoms with Crippen molar-refractivity contribution in [3.63, 3.8) is 0 Å². The van der Waals surface area contributed by atoms with Gasteiger partial charge in [0.1, 0.15) is 5.82 Å². The van der Waals surface area contributed by atoms with Crippen LogP contribution in [0.5, 0.6) is 0 Å². The third kappa shape index (κ3) is 3.27. The molecule has 0 radical (unpaired) electrons. The van der Waals surface area contributed by atoms with Crippen molar-refractivity contribution < 1.29 is 4.74 Å². The van der Waals surface area contributed by atoms with Gasteiger partial charge in [-0.25, -0.2) is 9.97 Å². The Bertz CT molecular complexity index is 418. The second kappa shape index (κ2) is 5.33. The summed E-state index contributed by atoms with van der Waals surface area (Å²) in [7, 11) is 1.71. The first-order valence-electron chi connectivity index (χ1n) is 6.57. The summed E-state index contributed by atoms with van der Waals surface area (Å²) in [5.74, 6) is 1.55. The van der Waals surface area contributed by atoms with E-state index in [4.69, 9.17) is 4.74 Å². The molecule has 1 unspecified atom stereocenters. The van der Waals surface area contributed by atoms with Crippen LogP contribution in [0.3, 0.4) is 0 Å². The van der Waals surface area contributed by atoms with Crippen LogP contribution in [0.15, 0.2) is 6.07 Å². The van der Waals surface area contributed by atoms with E-state index in [9.17, 15) is 0 Å². The van der Waals surface area contributed by atoms with Gasteiger partial charge in [-0.3, -0.25) is 0 Å². The van der Waals surface area contributed by atoms with Crippen LogP contribution in [0.4, 0.5) is 0 Å². The molecule has 0 aliphatic heterocycles. The van der Waals surface area contributed by atoms with Gasteiger partial charge >= 0.3 is 0 Å².